The Morgan fingerprint density at radius 1 is 1.30 bits per heavy atom. The minimum Gasteiger partial charge on any atom is -0.444 e. The van der Waals surface area contributed by atoms with Gasteiger partial charge in [0.05, 0.1) is 22.9 Å². The number of hydrogen-bond acceptors (Lipinski definition) is 5. The van der Waals surface area contributed by atoms with Crippen molar-refractivity contribution in [1.29, 1.82) is 5.26 Å². The number of hydrogen-bond donors (Lipinski definition) is 2. The van der Waals surface area contributed by atoms with E-state index in [-0.39, 0.29) is 17.7 Å². The maximum atomic E-state index is 12.1. The number of carbonyl (C=O) groups excluding carboxylic acids is 2. The van der Waals surface area contributed by atoms with Crippen molar-refractivity contribution in [2.45, 2.75) is 32.8 Å². The number of nitriles is 1. The molecule has 0 aliphatic heterocycles. The summed E-state index contributed by atoms with van der Waals surface area (Å²) in [5, 5.41) is 16.0. The second kappa shape index (κ2) is 7.05. The van der Waals surface area contributed by atoms with Crippen LogP contribution in [0.5, 0.6) is 0 Å². The van der Waals surface area contributed by atoms with Crippen molar-refractivity contribution in [3.63, 3.8) is 0 Å². The first-order chi connectivity index (χ1) is 12.7. The minimum atomic E-state index is -0.615. The Bertz CT molecular complexity index is 962. The SMILES string of the molecule is CC(C)(C)OC(=O)Nc1cc(Cl)c2cnc(NC(=O)C3CC3C#N)cc2c1. The summed E-state index contributed by atoms with van der Waals surface area (Å²) in [6.07, 6.45) is 1.54. The molecule has 2 N–H and O–H groups in total. The average molecular weight is 387 g/mol. The smallest absolute Gasteiger partial charge is 0.412 e. The third-order valence-corrected chi connectivity index (χ3v) is 4.29. The van der Waals surface area contributed by atoms with E-state index in [4.69, 9.17) is 21.6 Å². The van der Waals surface area contributed by atoms with Crippen LogP contribution in [0.25, 0.3) is 10.8 Å². The summed E-state index contributed by atoms with van der Waals surface area (Å²) in [6, 6.07) is 7.08. The van der Waals surface area contributed by atoms with Gasteiger partial charge in [-0.25, -0.2) is 9.78 Å². The first kappa shape index (κ1) is 18.9. The van der Waals surface area contributed by atoms with Crippen molar-refractivity contribution in [2.75, 3.05) is 10.6 Å². The van der Waals surface area contributed by atoms with Crippen molar-refractivity contribution in [2.24, 2.45) is 11.8 Å². The van der Waals surface area contributed by atoms with Crippen LogP contribution in [0.4, 0.5) is 16.3 Å². The number of amides is 2. The Morgan fingerprint density at radius 3 is 2.67 bits per heavy atom. The number of nitrogens with one attached hydrogen (secondary N) is 2. The van der Waals surface area contributed by atoms with Crippen molar-refractivity contribution < 1.29 is 14.3 Å². The first-order valence-corrected chi connectivity index (χ1v) is 8.84. The standard InChI is InChI=1S/C19H19ClN4O3/c1-19(2,3)27-18(26)23-12-4-10-6-16(22-9-14(10)15(20)7-12)24-17(25)13-5-11(13)8-21/h4,6-7,9,11,13H,5H2,1-3H3,(H,23,26)(H,22,24,25). The number of benzene rings is 1. The van der Waals surface area contributed by atoms with Gasteiger partial charge in [0.25, 0.3) is 0 Å². The number of anilines is 2. The van der Waals surface area contributed by atoms with Gasteiger partial charge in [-0.3, -0.25) is 10.1 Å². The lowest BCUT2D eigenvalue weighted by Gasteiger charge is -2.20. The third-order valence-electron chi connectivity index (χ3n) is 3.98. The van der Waals surface area contributed by atoms with Gasteiger partial charge < -0.3 is 10.1 Å². The molecule has 1 saturated carbocycles. The fraction of sp³-hybridized carbons (Fsp3) is 0.368. The molecule has 2 amide bonds. The van der Waals surface area contributed by atoms with Gasteiger partial charge in [0.15, 0.2) is 0 Å². The van der Waals surface area contributed by atoms with E-state index in [1.54, 1.807) is 45.2 Å². The highest BCUT2D eigenvalue weighted by atomic mass is 35.5. The third kappa shape index (κ3) is 4.66. The number of rotatable bonds is 3. The molecular weight excluding hydrogens is 368 g/mol. The molecule has 2 atom stereocenters. The Morgan fingerprint density at radius 2 is 2.04 bits per heavy atom. The predicted octanol–water partition coefficient (Wildman–Crippen LogP) is 4.33. The zero-order valence-electron chi connectivity index (χ0n) is 15.2. The topological polar surface area (TPSA) is 104 Å². The van der Waals surface area contributed by atoms with E-state index in [2.05, 4.69) is 21.7 Å². The molecule has 3 rings (SSSR count). The fourth-order valence-electron chi connectivity index (χ4n) is 2.62. The number of aromatic nitrogens is 1. The van der Waals surface area contributed by atoms with Gasteiger partial charge in [-0.05, 0) is 50.8 Å². The molecule has 0 spiro atoms. The van der Waals surface area contributed by atoms with Crippen LogP contribution in [0.2, 0.25) is 5.02 Å². The number of ether oxygens (including phenoxy) is 1. The van der Waals surface area contributed by atoms with E-state index >= 15 is 0 Å². The summed E-state index contributed by atoms with van der Waals surface area (Å²) in [5.41, 5.74) is -0.145. The van der Waals surface area contributed by atoms with Crippen molar-refractivity contribution >= 4 is 45.9 Å². The number of halogens is 1. The molecule has 0 bridgehead atoms. The van der Waals surface area contributed by atoms with Gasteiger partial charge in [-0.1, -0.05) is 11.6 Å². The van der Waals surface area contributed by atoms with Crippen LogP contribution in [0.15, 0.2) is 24.4 Å². The summed E-state index contributed by atoms with van der Waals surface area (Å²) in [4.78, 5) is 28.2. The van der Waals surface area contributed by atoms with Crippen LogP contribution < -0.4 is 10.6 Å². The summed E-state index contributed by atoms with van der Waals surface area (Å²) < 4.78 is 5.24. The summed E-state index contributed by atoms with van der Waals surface area (Å²) in [7, 11) is 0. The van der Waals surface area contributed by atoms with Crippen LogP contribution in [-0.4, -0.2) is 22.6 Å². The second-order valence-electron chi connectivity index (χ2n) is 7.44. The Hall–Kier alpha value is -2.85. The molecule has 27 heavy (non-hydrogen) atoms. The minimum absolute atomic E-state index is 0.218. The molecular formula is C19H19ClN4O3. The predicted molar refractivity (Wildman–Crippen MR) is 102 cm³/mol. The molecule has 140 valence electrons. The molecule has 7 nitrogen and oxygen atoms in total. The van der Waals surface area contributed by atoms with E-state index in [9.17, 15) is 9.59 Å². The van der Waals surface area contributed by atoms with Gasteiger partial charge in [0.1, 0.15) is 11.4 Å². The highest BCUT2D eigenvalue weighted by Crippen LogP contribution is 2.38. The Kier molecular flexibility index (Phi) is 4.94. The van der Waals surface area contributed by atoms with Crippen LogP contribution >= 0.6 is 11.6 Å². The highest BCUT2D eigenvalue weighted by molar-refractivity contribution is 6.36. The molecule has 2 aromatic rings. The lowest BCUT2D eigenvalue weighted by Crippen LogP contribution is -2.27. The number of carbonyl (C=O) groups is 2. The molecule has 0 radical (unpaired) electrons. The van der Waals surface area contributed by atoms with Crippen LogP contribution in [0, 0.1) is 23.2 Å². The molecule has 1 aromatic carbocycles. The van der Waals surface area contributed by atoms with Crippen molar-refractivity contribution in [3.8, 4) is 6.07 Å². The normalized spacial score (nSPS) is 18.5. The lowest BCUT2D eigenvalue weighted by molar-refractivity contribution is -0.117. The molecule has 1 heterocycles. The zero-order chi connectivity index (χ0) is 19.8. The zero-order valence-corrected chi connectivity index (χ0v) is 15.9. The molecule has 1 aromatic heterocycles. The molecule has 0 saturated heterocycles. The molecule has 1 aliphatic rings. The largest absolute Gasteiger partial charge is 0.444 e. The van der Waals surface area contributed by atoms with Crippen molar-refractivity contribution in [1.82, 2.24) is 4.98 Å². The lowest BCUT2D eigenvalue weighted by atomic mass is 10.1. The number of pyridine rings is 1. The maximum Gasteiger partial charge on any atom is 0.412 e. The first-order valence-electron chi connectivity index (χ1n) is 8.46. The van der Waals surface area contributed by atoms with Crippen LogP contribution in [0.1, 0.15) is 27.2 Å². The van der Waals surface area contributed by atoms with Gasteiger partial charge >= 0.3 is 6.09 Å². The summed E-state index contributed by atoms with van der Waals surface area (Å²) >= 11 is 6.28. The number of nitrogens with zero attached hydrogens (tertiary/aromatic N) is 2. The van der Waals surface area contributed by atoms with Gasteiger partial charge in [0, 0.05) is 17.3 Å². The van der Waals surface area contributed by atoms with E-state index in [0.29, 0.717) is 33.7 Å². The monoisotopic (exact) mass is 386 g/mol. The fourth-order valence-corrected chi connectivity index (χ4v) is 2.90. The quantitative estimate of drug-likeness (QED) is 0.816. The Labute approximate surface area is 161 Å². The van der Waals surface area contributed by atoms with Crippen LogP contribution in [-0.2, 0) is 9.53 Å². The van der Waals surface area contributed by atoms with E-state index < -0.39 is 11.7 Å². The Balaban J connectivity index is 1.79. The molecule has 1 fully saturated rings. The van der Waals surface area contributed by atoms with Gasteiger partial charge in [0.2, 0.25) is 5.91 Å². The molecule has 8 heteroatoms. The van der Waals surface area contributed by atoms with E-state index in [1.165, 1.54) is 0 Å². The van der Waals surface area contributed by atoms with E-state index in [0.717, 1.165) is 0 Å². The van der Waals surface area contributed by atoms with Gasteiger partial charge in [-0.15, -0.1) is 0 Å². The van der Waals surface area contributed by atoms with Crippen LogP contribution in [0.3, 0.4) is 0 Å². The van der Waals surface area contributed by atoms with Gasteiger partial charge in [-0.2, -0.15) is 5.26 Å². The highest BCUT2D eigenvalue weighted by Gasteiger charge is 2.43. The number of fused-ring (bicyclic) bond motifs is 1. The summed E-state index contributed by atoms with van der Waals surface area (Å²) in [6.45, 7) is 5.33. The van der Waals surface area contributed by atoms with E-state index in [1.807, 2.05) is 0 Å². The molecule has 1 aliphatic carbocycles. The summed E-state index contributed by atoms with van der Waals surface area (Å²) in [5.74, 6) is -0.357. The molecule has 2 unspecified atom stereocenters. The second-order valence-corrected chi connectivity index (χ2v) is 7.85. The van der Waals surface area contributed by atoms with Crippen molar-refractivity contribution in [3.05, 3.63) is 29.4 Å². The maximum absolute atomic E-state index is 12.1. The average Bonchev–Trinajstić information content (AvgIpc) is 3.32.